The van der Waals surface area contributed by atoms with Crippen LogP contribution in [-0.2, 0) is 10.5 Å². The van der Waals surface area contributed by atoms with Crippen LogP contribution in [0.2, 0.25) is 0 Å². The van der Waals surface area contributed by atoms with E-state index in [0.717, 1.165) is 17.6 Å². The van der Waals surface area contributed by atoms with Crippen molar-refractivity contribution in [3.8, 4) is 0 Å². The van der Waals surface area contributed by atoms with Gasteiger partial charge >= 0.3 is 6.09 Å². The van der Waals surface area contributed by atoms with Crippen LogP contribution in [0.15, 0.2) is 42.6 Å². The standard InChI is InChI=1S/C20H25N5O2S/c1-4-15-12-27-20(26)25(15)18-16-10-11-21-17(16)22-19(23-18)24-28(2,3)13-14-8-6-5-7-9-14/h5-11,15H,4,12-13H2,1-3H3,(H2,21,22,23,24). The molecule has 3 aromatic rings. The molecule has 7 nitrogen and oxygen atoms in total. The molecule has 148 valence electrons. The van der Waals surface area contributed by atoms with E-state index < -0.39 is 10.2 Å². The summed E-state index contributed by atoms with van der Waals surface area (Å²) in [5, 5.41) is 0.818. The Morgan fingerprint density at radius 3 is 2.79 bits per heavy atom. The van der Waals surface area contributed by atoms with E-state index in [2.05, 4.69) is 39.3 Å². The van der Waals surface area contributed by atoms with Crippen LogP contribution in [0, 0.1) is 0 Å². The number of aromatic amines is 1. The molecule has 8 heteroatoms. The van der Waals surface area contributed by atoms with Crippen molar-refractivity contribution in [2.75, 3.05) is 28.7 Å². The summed E-state index contributed by atoms with van der Waals surface area (Å²) in [5.74, 6) is 2.02. The van der Waals surface area contributed by atoms with Crippen LogP contribution in [0.4, 0.5) is 16.6 Å². The molecule has 1 unspecified atom stereocenters. The van der Waals surface area contributed by atoms with E-state index in [9.17, 15) is 4.79 Å². The molecule has 2 N–H and O–H groups in total. The summed E-state index contributed by atoms with van der Waals surface area (Å²) in [5.41, 5.74) is 1.97. The molecule has 0 bridgehead atoms. The van der Waals surface area contributed by atoms with Crippen LogP contribution >= 0.6 is 10.2 Å². The number of aromatic nitrogens is 3. The van der Waals surface area contributed by atoms with E-state index in [-0.39, 0.29) is 12.1 Å². The van der Waals surface area contributed by atoms with Gasteiger partial charge in [0.2, 0.25) is 5.95 Å². The highest BCUT2D eigenvalue weighted by Crippen LogP contribution is 2.43. The Bertz CT molecular complexity index is 989. The molecule has 1 fully saturated rings. The largest absolute Gasteiger partial charge is 0.447 e. The number of benzene rings is 1. The van der Waals surface area contributed by atoms with E-state index in [4.69, 9.17) is 9.72 Å². The van der Waals surface area contributed by atoms with Gasteiger partial charge in [-0.15, -0.1) is 0 Å². The summed E-state index contributed by atoms with van der Waals surface area (Å²) >= 11 is 0. The zero-order valence-electron chi connectivity index (χ0n) is 16.3. The van der Waals surface area contributed by atoms with Crippen molar-refractivity contribution in [2.24, 2.45) is 0 Å². The number of carbonyl (C=O) groups excluding carboxylic acids is 1. The summed E-state index contributed by atoms with van der Waals surface area (Å²) in [6.07, 6.45) is 6.66. The van der Waals surface area contributed by atoms with E-state index >= 15 is 0 Å². The minimum atomic E-state index is -1.24. The van der Waals surface area contributed by atoms with Crippen molar-refractivity contribution in [2.45, 2.75) is 25.1 Å². The topological polar surface area (TPSA) is 83.1 Å². The van der Waals surface area contributed by atoms with E-state index in [1.807, 2.05) is 37.4 Å². The minimum Gasteiger partial charge on any atom is -0.447 e. The zero-order valence-corrected chi connectivity index (χ0v) is 17.1. The highest BCUT2D eigenvalue weighted by atomic mass is 32.3. The van der Waals surface area contributed by atoms with Crippen LogP contribution in [0.25, 0.3) is 11.0 Å². The van der Waals surface area contributed by atoms with Gasteiger partial charge in [-0.05, 0) is 30.6 Å². The van der Waals surface area contributed by atoms with Gasteiger partial charge in [0, 0.05) is 11.9 Å². The molecule has 1 aromatic carbocycles. The summed E-state index contributed by atoms with van der Waals surface area (Å²) in [4.78, 5) is 26.5. The molecule has 0 aliphatic carbocycles. The third-order valence-electron chi connectivity index (χ3n) is 4.79. The molecule has 0 radical (unpaired) electrons. The minimum absolute atomic E-state index is 0.0157. The lowest BCUT2D eigenvalue weighted by Gasteiger charge is -2.32. The van der Waals surface area contributed by atoms with Gasteiger partial charge in [-0.2, -0.15) is 20.2 Å². The van der Waals surface area contributed by atoms with Crippen LogP contribution in [0.1, 0.15) is 18.9 Å². The average Bonchev–Trinajstić information content (AvgIpc) is 3.27. The second-order valence-corrected chi connectivity index (χ2v) is 11.0. The summed E-state index contributed by atoms with van der Waals surface area (Å²) in [6, 6.07) is 12.3. The number of hydrogen-bond acceptors (Lipinski definition) is 5. The van der Waals surface area contributed by atoms with Gasteiger partial charge < -0.3 is 14.4 Å². The third kappa shape index (κ3) is 3.64. The Morgan fingerprint density at radius 1 is 1.25 bits per heavy atom. The van der Waals surface area contributed by atoms with Gasteiger partial charge in [0.05, 0.1) is 11.4 Å². The first kappa shape index (κ1) is 18.6. The van der Waals surface area contributed by atoms with E-state index in [0.29, 0.717) is 24.0 Å². The maximum atomic E-state index is 12.4. The lowest BCUT2D eigenvalue weighted by atomic mass is 10.2. The molecular weight excluding hydrogens is 374 g/mol. The molecule has 4 rings (SSSR count). The average molecular weight is 400 g/mol. The molecule has 1 amide bonds. The SMILES string of the molecule is CCC1COC(=O)N1c1nc(NS(C)(C)Cc2ccccc2)nc2[nH]ccc12. The number of nitrogens with one attached hydrogen (secondary N) is 2. The highest BCUT2D eigenvalue weighted by molar-refractivity contribution is 8.33. The lowest BCUT2D eigenvalue weighted by molar-refractivity contribution is 0.178. The first-order chi connectivity index (χ1) is 13.5. The van der Waals surface area contributed by atoms with E-state index in [1.165, 1.54) is 5.56 Å². The van der Waals surface area contributed by atoms with Crippen LogP contribution in [-0.4, -0.2) is 46.2 Å². The number of carbonyl (C=O) groups is 1. The fraction of sp³-hybridized carbons (Fsp3) is 0.350. The van der Waals surface area contributed by atoms with Crippen molar-refractivity contribution >= 4 is 39.1 Å². The number of anilines is 2. The predicted octanol–water partition coefficient (Wildman–Crippen LogP) is 4.28. The molecule has 28 heavy (non-hydrogen) atoms. The number of hydrogen-bond donors (Lipinski definition) is 2. The van der Waals surface area contributed by atoms with Crippen LogP contribution in [0.3, 0.4) is 0 Å². The van der Waals surface area contributed by atoms with Crippen LogP contribution in [0.5, 0.6) is 0 Å². The number of rotatable bonds is 6. The Kier molecular flexibility index (Phi) is 4.89. The van der Waals surface area contributed by atoms with Crippen molar-refractivity contribution in [1.82, 2.24) is 15.0 Å². The number of H-pyrrole nitrogens is 1. The number of nitrogens with zero attached hydrogens (tertiary/aromatic N) is 3. The molecule has 2 aromatic heterocycles. The van der Waals surface area contributed by atoms with Crippen molar-refractivity contribution in [3.63, 3.8) is 0 Å². The Labute approximate surface area is 166 Å². The maximum Gasteiger partial charge on any atom is 0.415 e. The van der Waals surface area contributed by atoms with Crippen molar-refractivity contribution in [1.29, 1.82) is 0 Å². The molecule has 1 saturated heterocycles. The first-order valence-electron chi connectivity index (χ1n) is 9.30. The third-order valence-corrected chi connectivity index (χ3v) is 6.58. The van der Waals surface area contributed by atoms with Gasteiger partial charge in [0.25, 0.3) is 0 Å². The maximum absolute atomic E-state index is 12.4. The number of cyclic esters (lactones) is 1. The van der Waals surface area contributed by atoms with Gasteiger partial charge in [-0.25, -0.2) is 4.79 Å². The first-order valence-corrected chi connectivity index (χ1v) is 11.9. The fourth-order valence-corrected chi connectivity index (χ4v) is 5.13. The monoisotopic (exact) mass is 399 g/mol. The molecule has 0 saturated carbocycles. The molecular formula is C20H25N5O2S. The van der Waals surface area contributed by atoms with Crippen molar-refractivity contribution < 1.29 is 9.53 Å². The lowest BCUT2D eigenvalue weighted by Crippen LogP contribution is -2.34. The predicted molar refractivity (Wildman–Crippen MR) is 115 cm³/mol. The molecule has 1 aliphatic rings. The zero-order chi connectivity index (χ0) is 19.7. The summed E-state index contributed by atoms with van der Waals surface area (Å²) in [7, 11) is -1.24. The highest BCUT2D eigenvalue weighted by Gasteiger charge is 2.35. The second kappa shape index (κ2) is 7.35. The summed E-state index contributed by atoms with van der Waals surface area (Å²) in [6.45, 7) is 2.43. The van der Waals surface area contributed by atoms with Gasteiger partial charge in [-0.3, -0.25) is 4.90 Å². The second-order valence-electron chi connectivity index (χ2n) is 7.39. The van der Waals surface area contributed by atoms with E-state index in [1.54, 1.807) is 4.90 Å². The van der Waals surface area contributed by atoms with Gasteiger partial charge in [0.1, 0.15) is 12.3 Å². The Morgan fingerprint density at radius 2 is 2.04 bits per heavy atom. The normalized spacial score (nSPS) is 17.8. The van der Waals surface area contributed by atoms with Gasteiger partial charge in [0.15, 0.2) is 5.82 Å². The number of ether oxygens (including phenoxy) is 1. The Balaban J connectivity index is 1.68. The number of fused-ring (bicyclic) bond motifs is 1. The van der Waals surface area contributed by atoms with Crippen molar-refractivity contribution in [3.05, 3.63) is 48.2 Å². The number of amides is 1. The van der Waals surface area contributed by atoms with Gasteiger partial charge in [-0.1, -0.05) is 37.3 Å². The fourth-order valence-electron chi connectivity index (χ4n) is 3.45. The molecule has 3 heterocycles. The Hall–Kier alpha value is -2.74. The smallest absolute Gasteiger partial charge is 0.415 e. The molecule has 0 spiro atoms. The quantitative estimate of drug-likeness (QED) is 0.646. The molecule has 1 atom stereocenters. The van der Waals surface area contributed by atoms with Crippen LogP contribution < -0.4 is 9.62 Å². The molecule has 1 aliphatic heterocycles. The summed E-state index contributed by atoms with van der Waals surface area (Å²) < 4.78 is 8.79.